The Morgan fingerprint density at radius 3 is 2.70 bits per heavy atom. The van der Waals surface area contributed by atoms with E-state index in [-0.39, 0.29) is 11.5 Å². The number of fused-ring (bicyclic) bond motifs is 3. The van der Waals surface area contributed by atoms with Crippen molar-refractivity contribution in [3.05, 3.63) is 39.2 Å². The molecule has 0 aliphatic rings. The Kier molecular flexibility index (Phi) is 2.83. The van der Waals surface area contributed by atoms with E-state index in [0.717, 1.165) is 0 Å². The number of nitrogen functional groups attached to an aromatic ring is 1. The molecule has 0 unspecified atom stereocenters. The van der Waals surface area contributed by atoms with Gasteiger partial charge in [0.05, 0.1) is 22.4 Å². The lowest BCUT2D eigenvalue weighted by Gasteiger charge is -2.10. The van der Waals surface area contributed by atoms with Crippen molar-refractivity contribution >= 4 is 43.4 Å². The number of aromatic hydroxyl groups is 1. The summed E-state index contributed by atoms with van der Waals surface area (Å²) >= 11 is 3.29. The molecule has 0 bridgehead atoms. The van der Waals surface area contributed by atoms with Gasteiger partial charge in [-0.1, -0.05) is 6.07 Å². The first kappa shape index (κ1) is 12.8. The number of hydrogen-bond donors (Lipinski definition) is 2. The monoisotopic (exact) mass is 335 g/mol. The molecule has 5 nitrogen and oxygen atoms in total. The van der Waals surface area contributed by atoms with E-state index in [4.69, 9.17) is 14.9 Å². The lowest BCUT2D eigenvalue weighted by molar-refractivity contribution is 0.377. The van der Waals surface area contributed by atoms with E-state index in [9.17, 15) is 9.90 Å². The Labute approximate surface area is 121 Å². The molecular formula is C14H10BrNO4. The van der Waals surface area contributed by atoms with Gasteiger partial charge >= 0.3 is 5.63 Å². The highest BCUT2D eigenvalue weighted by Crippen LogP contribution is 2.40. The summed E-state index contributed by atoms with van der Waals surface area (Å²) in [5.74, 6) is 0.232. The number of ether oxygens (including phenoxy) is 1. The molecule has 3 rings (SSSR count). The number of phenolic OH excluding ortho intramolecular Hbond substituents is 1. The molecule has 0 aliphatic carbocycles. The average molecular weight is 336 g/mol. The summed E-state index contributed by atoms with van der Waals surface area (Å²) in [5.41, 5.74) is 6.07. The fourth-order valence-corrected chi connectivity index (χ4v) is 2.76. The first-order valence-corrected chi connectivity index (χ1v) is 6.54. The van der Waals surface area contributed by atoms with Crippen molar-refractivity contribution in [2.75, 3.05) is 12.8 Å². The predicted molar refractivity (Wildman–Crippen MR) is 80.3 cm³/mol. The summed E-state index contributed by atoms with van der Waals surface area (Å²) in [6.07, 6.45) is 0. The number of halogens is 1. The molecule has 6 heteroatoms. The van der Waals surface area contributed by atoms with Crippen molar-refractivity contribution in [1.29, 1.82) is 0 Å². The number of methoxy groups -OCH3 is 1. The van der Waals surface area contributed by atoms with E-state index in [2.05, 4.69) is 15.9 Å². The molecule has 1 aromatic heterocycles. The summed E-state index contributed by atoms with van der Waals surface area (Å²) in [6.45, 7) is 0. The first-order valence-electron chi connectivity index (χ1n) is 5.75. The standard InChI is InChI=1S/C14H10BrNO4/c1-19-13-8(17)4-5-9-10(13)6-2-3-7(16)12(15)11(6)14(18)20-9/h2-5,17H,16H2,1H3. The fraction of sp³-hybridized carbons (Fsp3) is 0.0714. The Hall–Kier alpha value is -2.21. The third-order valence-corrected chi connectivity index (χ3v) is 4.01. The van der Waals surface area contributed by atoms with E-state index in [1.165, 1.54) is 19.2 Å². The third kappa shape index (κ3) is 1.65. The number of phenols is 1. The lowest BCUT2D eigenvalue weighted by Crippen LogP contribution is -2.03. The second-order valence-electron chi connectivity index (χ2n) is 4.27. The summed E-state index contributed by atoms with van der Waals surface area (Å²) < 4.78 is 11.0. The number of hydrogen-bond acceptors (Lipinski definition) is 5. The van der Waals surface area contributed by atoms with Gasteiger partial charge in [0.2, 0.25) is 0 Å². The van der Waals surface area contributed by atoms with Crippen LogP contribution in [0.3, 0.4) is 0 Å². The van der Waals surface area contributed by atoms with Crippen LogP contribution in [-0.2, 0) is 0 Å². The van der Waals surface area contributed by atoms with Crippen molar-refractivity contribution in [3.63, 3.8) is 0 Å². The van der Waals surface area contributed by atoms with Gasteiger partial charge in [-0.2, -0.15) is 0 Å². The summed E-state index contributed by atoms with van der Waals surface area (Å²) in [5, 5.41) is 11.3. The molecular weight excluding hydrogens is 326 g/mol. The molecule has 3 aromatic rings. The average Bonchev–Trinajstić information content (AvgIpc) is 2.43. The number of nitrogens with two attached hydrogens (primary N) is 1. The van der Waals surface area contributed by atoms with Crippen LogP contribution in [0, 0.1) is 0 Å². The minimum atomic E-state index is -0.501. The molecule has 0 aliphatic heterocycles. The molecule has 2 aromatic carbocycles. The van der Waals surface area contributed by atoms with Gasteiger partial charge in [0.25, 0.3) is 0 Å². The number of anilines is 1. The normalized spacial score (nSPS) is 11.1. The first-order chi connectivity index (χ1) is 9.54. The molecule has 3 N–H and O–H groups in total. The van der Waals surface area contributed by atoms with Crippen LogP contribution < -0.4 is 16.1 Å². The zero-order chi connectivity index (χ0) is 14.4. The zero-order valence-corrected chi connectivity index (χ0v) is 12.0. The van der Waals surface area contributed by atoms with Crippen LogP contribution in [0.2, 0.25) is 0 Å². The third-order valence-electron chi connectivity index (χ3n) is 3.15. The van der Waals surface area contributed by atoms with Crippen LogP contribution in [0.1, 0.15) is 0 Å². The fourth-order valence-electron chi connectivity index (χ4n) is 2.25. The molecule has 0 fully saturated rings. The van der Waals surface area contributed by atoms with Gasteiger partial charge in [-0.05, 0) is 34.1 Å². The van der Waals surface area contributed by atoms with E-state index >= 15 is 0 Å². The van der Waals surface area contributed by atoms with Crippen molar-refractivity contribution in [2.45, 2.75) is 0 Å². The molecule has 0 saturated heterocycles. The minimum Gasteiger partial charge on any atom is -0.504 e. The highest BCUT2D eigenvalue weighted by molar-refractivity contribution is 9.10. The number of benzene rings is 2. The predicted octanol–water partition coefficient (Wildman–Crippen LogP) is 3.01. The molecule has 0 atom stereocenters. The van der Waals surface area contributed by atoms with E-state index in [1.807, 2.05) is 0 Å². The molecule has 0 spiro atoms. The van der Waals surface area contributed by atoms with Crippen LogP contribution in [-0.4, -0.2) is 12.2 Å². The van der Waals surface area contributed by atoms with Gasteiger partial charge in [-0.3, -0.25) is 0 Å². The maximum absolute atomic E-state index is 12.1. The summed E-state index contributed by atoms with van der Waals surface area (Å²) in [6, 6.07) is 6.33. The maximum Gasteiger partial charge on any atom is 0.345 e. The second-order valence-corrected chi connectivity index (χ2v) is 5.06. The van der Waals surface area contributed by atoms with Gasteiger partial charge in [-0.25, -0.2) is 4.79 Å². The Morgan fingerprint density at radius 1 is 1.25 bits per heavy atom. The van der Waals surface area contributed by atoms with E-state index in [1.54, 1.807) is 12.1 Å². The smallest absolute Gasteiger partial charge is 0.345 e. The quantitative estimate of drug-likeness (QED) is 0.405. The lowest BCUT2D eigenvalue weighted by atomic mass is 10.1. The van der Waals surface area contributed by atoms with Gasteiger partial charge in [-0.15, -0.1) is 0 Å². The Morgan fingerprint density at radius 2 is 2.00 bits per heavy atom. The molecule has 102 valence electrons. The molecule has 0 saturated carbocycles. The van der Waals surface area contributed by atoms with Crippen molar-refractivity contribution in [1.82, 2.24) is 0 Å². The molecule has 0 radical (unpaired) electrons. The van der Waals surface area contributed by atoms with Gasteiger partial charge < -0.3 is 20.0 Å². The Bertz CT molecular complexity index is 901. The van der Waals surface area contributed by atoms with Gasteiger partial charge in [0.15, 0.2) is 11.5 Å². The Balaban J connectivity index is 2.68. The van der Waals surface area contributed by atoms with E-state index in [0.29, 0.717) is 31.9 Å². The zero-order valence-electron chi connectivity index (χ0n) is 10.4. The van der Waals surface area contributed by atoms with Gasteiger partial charge in [0.1, 0.15) is 5.58 Å². The maximum atomic E-state index is 12.1. The molecule has 0 amide bonds. The second kappa shape index (κ2) is 4.42. The van der Waals surface area contributed by atoms with Crippen LogP contribution in [0.4, 0.5) is 5.69 Å². The topological polar surface area (TPSA) is 85.7 Å². The van der Waals surface area contributed by atoms with Crippen molar-refractivity contribution < 1.29 is 14.3 Å². The highest BCUT2D eigenvalue weighted by Gasteiger charge is 2.17. The van der Waals surface area contributed by atoms with Crippen molar-refractivity contribution in [3.8, 4) is 11.5 Å². The van der Waals surface area contributed by atoms with Gasteiger partial charge in [0, 0.05) is 11.1 Å². The highest BCUT2D eigenvalue weighted by atomic mass is 79.9. The van der Waals surface area contributed by atoms with Crippen LogP contribution in [0.15, 0.2) is 37.9 Å². The summed E-state index contributed by atoms with van der Waals surface area (Å²) in [7, 11) is 1.44. The summed E-state index contributed by atoms with van der Waals surface area (Å²) in [4.78, 5) is 12.1. The molecule has 20 heavy (non-hydrogen) atoms. The van der Waals surface area contributed by atoms with Crippen molar-refractivity contribution in [2.24, 2.45) is 0 Å². The SMILES string of the molecule is COc1c(O)ccc2oc(=O)c3c(Br)c(N)ccc3c12. The number of rotatable bonds is 1. The van der Waals surface area contributed by atoms with E-state index < -0.39 is 5.63 Å². The van der Waals surface area contributed by atoms with Crippen LogP contribution in [0.25, 0.3) is 21.7 Å². The molecule has 1 heterocycles. The minimum absolute atomic E-state index is 0.0249. The largest absolute Gasteiger partial charge is 0.504 e. The van der Waals surface area contributed by atoms with Crippen LogP contribution >= 0.6 is 15.9 Å². The van der Waals surface area contributed by atoms with Crippen LogP contribution in [0.5, 0.6) is 11.5 Å².